The Hall–Kier alpha value is 1.54. The van der Waals surface area contributed by atoms with Crippen molar-refractivity contribution in [3.63, 3.8) is 0 Å². The van der Waals surface area contributed by atoms with Crippen molar-refractivity contribution in [3.05, 3.63) is 0 Å². The zero-order chi connectivity index (χ0) is 5.86. The van der Waals surface area contributed by atoms with Gasteiger partial charge in [0.05, 0.1) is 4.83 Å². The maximum absolute atomic E-state index is 5.51. The SMILES string of the molecule is ClC[C@@H](Br)[C@@H](Cl)Br. The van der Waals surface area contributed by atoms with Gasteiger partial charge in [0.25, 0.3) is 0 Å². The molecule has 0 aliphatic carbocycles. The van der Waals surface area contributed by atoms with E-state index in [2.05, 4.69) is 31.9 Å². The first-order valence-corrected chi connectivity index (χ1v) is 4.47. The van der Waals surface area contributed by atoms with Crippen molar-refractivity contribution in [1.29, 1.82) is 0 Å². The Morgan fingerprint density at radius 1 is 1.43 bits per heavy atom. The summed E-state index contributed by atoms with van der Waals surface area (Å²) in [6.45, 7) is 0. The van der Waals surface area contributed by atoms with E-state index < -0.39 is 0 Å². The van der Waals surface area contributed by atoms with Gasteiger partial charge in [-0.2, -0.15) is 0 Å². The molecule has 0 radical (unpaired) electrons. The van der Waals surface area contributed by atoms with Gasteiger partial charge in [-0.1, -0.05) is 31.9 Å². The second-order valence-corrected chi connectivity index (χ2v) is 4.47. The standard InChI is InChI=1S/C3H4Br2Cl2/c4-2(1-6)3(5)7/h2-3H,1H2/t2-,3-/m1/s1. The van der Waals surface area contributed by atoms with Crippen LogP contribution in [0.2, 0.25) is 0 Å². The van der Waals surface area contributed by atoms with Crippen LogP contribution in [0.5, 0.6) is 0 Å². The van der Waals surface area contributed by atoms with Crippen molar-refractivity contribution in [2.24, 2.45) is 0 Å². The molecule has 0 unspecified atom stereocenters. The topological polar surface area (TPSA) is 0 Å². The molecule has 0 heterocycles. The highest BCUT2D eigenvalue weighted by Crippen LogP contribution is 2.18. The van der Waals surface area contributed by atoms with Crippen LogP contribution in [-0.4, -0.2) is 15.0 Å². The molecule has 0 rings (SSSR count). The zero-order valence-electron chi connectivity index (χ0n) is 3.37. The van der Waals surface area contributed by atoms with Gasteiger partial charge >= 0.3 is 0 Å². The summed E-state index contributed by atoms with van der Waals surface area (Å²) in [5.74, 6) is 0.527. The second kappa shape index (κ2) is 4.42. The van der Waals surface area contributed by atoms with Gasteiger partial charge in [0.15, 0.2) is 0 Å². The van der Waals surface area contributed by atoms with Crippen molar-refractivity contribution in [1.82, 2.24) is 0 Å². The molecule has 0 amide bonds. The van der Waals surface area contributed by atoms with Crippen molar-refractivity contribution in [3.8, 4) is 0 Å². The second-order valence-electron chi connectivity index (χ2n) is 1.00. The molecule has 4 heteroatoms. The molecule has 0 aromatic carbocycles. The van der Waals surface area contributed by atoms with Crippen LogP contribution in [0.4, 0.5) is 0 Å². The summed E-state index contributed by atoms with van der Waals surface area (Å²) in [6.07, 6.45) is 0. The van der Waals surface area contributed by atoms with E-state index in [1.807, 2.05) is 0 Å². The Balaban J connectivity index is 3.14. The maximum Gasteiger partial charge on any atom is 0.102 e. The highest BCUT2D eigenvalue weighted by Gasteiger charge is 2.09. The van der Waals surface area contributed by atoms with Gasteiger partial charge in [-0.3, -0.25) is 0 Å². The predicted molar refractivity (Wildman–Crippen MR) is 42.0 cm³/mol. The molecule has 0 aromatic heterocycles. The third kappa shape index (κ3) is 4.07. The fourth-order valence-electron chi connectivity index (χ4n) is 0.0673. The molecule has 0 aliphatic heterocycles. The van der Waals surface area contributed by atoms with Crippen LogP contribution in [0, 0.1) is 0 Å². The third-order valence-electron chi connectivity index (χ3n) is 0.421. The summed E-state index contributed by atoms with van der Waals surface area (Å²) in [5, 5.41) is 0. The summed E-state index contributed by atoms with van der Waals surface area (Å²) >= 11 is 17.3. The minimum Gasteiger partial charge on any atom is -0.125 e. The summed E-state index contributed by atoms with van der Waals surface area (Å²) < 4.78 is -0.0648. The van der Waals surface area contributed by atoms with E-state index in [1.165, 1.54) is 0 Å². The van der Waals surface area contributed by atoms with E-state index in [9.17, 15) is 0 Å². The van der Waals surface area contributed by atoms with Gasteiger partial charge in [0.1, 0.15) is 4.29 Å². The molecule has 0 saturated carbocycles. The van der Waals surface area contributed by atoms with E-state index >= 15 is 0 Å². The molecule has 7 heavy (non-hydrogen) atoms. The minimum atomic E-state index is -0.0648. The quantitative estimate of drug-likeness (QED) is 0.677. The Kier molecular flexibility index (Phi) is 5.39. The van der Waals surface area contributed by atoms with E-state index in [4.69, 9.17) is 23.2 Å². The van der Waals surface area contributed by atoms with E-state index in [-0.39, 0.29) is 9.11 Å². The molecule has 44 valence electrons. The van der Waals surface area contributed by atoms with Crippen LogP contribution in [-0.2, 0) is 0 Å². The van der Waals surface area contributed by atoms with Crippen LogP contribution in [0.1, 0.15) is 0 Å². The third-order valence-corrected chi connectivity index (χ3v) is 3.93. The zero-order valence-corrected chi connectivity index (χ0v) is 8.06. The normalized spacial score (nSPS) is 18.9. The highest BCUT2D eigenvalue weighted by atomic mass is 79.9. The summed E-state index contributed by atoms with van der Waals surface area (Å²) in [7, 11) is 0. The molecular formula is C3H4Br2Cl2. The molecule has 0 nitrogen and oxygen atoms in total. The lowest BCUT2D eigenvalue weighted by Crippen LogP contribution is -2.07. The molecule has 0 spiro atoms. The first kappa shape index (κ1) is 8.54. The average Bonchev–Trinajstić information content (AvgIpc) is 1.65. The van der Waals surface area contributed by atoms with Crippen LogP contribution in [0.15, 0.2) is 0 Å². The molecule has 0 saturated heterocycles. The maximum atomic E-state index is 5.51. The summed E-state index contributed by atoms with van der Waals surface area (Å²) in [4.78, 5) is 0.163. The van der Waals surface area contributed by atoms with Gasteiger partial charge < -0.3 is 0 Å². The lowest BCUT2D eigenvalue weighted by Gasteiger charge is -2.02. The number of alkyl halides is 4. The molecule has 0 N–H and O–H groups in total. The summed E-state index contributed by atoms with van der Waals surface area (Å²) in [5.41, 5.74) is 0. The van der Waals surface area contributed by atoms with Crippen LogP contribution < -0.4 is 0 Å². The molecule has 0 aromatic rings. The highest BCUT2D eigenvalue weighted by molar-refractivity contribution is 9.12. The molecule has 0 bridgehead atoms. The average molecular weight is 271 g/mol. The van der Waals surface area contributed by atoms with Crippen molar-refractivity contribution >= 4 is 55.1 Å². The van der Waals surface area contributed by atoms with Crippen LogP contribution >= 0.6 is 55.1 Å². The van der Waals surface area contributed by atoms with Crippen molar-refractivity contribution in [2.75, 3.05) is 5.88 Å². The van der Waals surface area contributed by atoms with Gasteiger partial charge in [0.2, 0.25) is 0 Å². The van der Waals surface area contributed by atoms with Gasteiger partial charge in [-0.15, -0.1) is 23.2 Å². The first-order chi connectivity index (χ1) is 3.18. The lowest BCUT2D eigenvalue weighted by atomic mass is 10.6. The summed E-state index contributed by atoms with van der Waals surface area (Å²) in [6, 6.07) is 0. The van der Waals surface area contributed by atoms with Crippen molar-refractivity contribution in [2.45, 2.75) is 9.11 Å². The minimum absolute atomic E-state index is 0.0648. The fraction of sp³-hybridized carbons (Fsp3) is 1.00. The smallest absolute Gasteiger partial charge is 0.102 e. The predicted octanol–water partition coefficient (Wildman–Crippen LogP) is 2.95. The van der Waals surface area contributed by atoms with E-state index in [0.717, 1.165) is 0 Å². The Morgan fingerprint density at radius 3 is 1.86 bits per heavy atom. The van der Waals surface area contributed by atoms with Crippen LogP contribution in [0.3, 0.4) is 0 Å². The number of hydrogen-bond donors (Lipinski definition) is 0. The first-order valence-electron chi connectivity index (χ1n) is 1.66. The number of halogens is 4. The molecule has 0 fully saturated rings. The largest absolute Gasteiger partial charge is 0.125 e. The lowest BCUT2D eigenvalue weighted by molar-refractivity contribution is 1.12. The van der Waals surface area contributed by atoms with Crippen LogP contribution in [0.25, 0.3) is 0 Å². The molecule has 2 atom stereocenters. The molecule has 0 aliphatic rings. The Morgan fingerprint density at radius 2 is 1.86 bits per heavy atom. The van der Waals surface area contributed by atoms with E-state index in [0.29, 0.717) is 5.88 Å². The fourth-order valence-corrected chi connectivity index (χ4v) is 0.828. The Bertz CT molecular complexity index is 48.2. The molecular weight excluding hydrogens is 267 g/mol. The number of hydrogen-bond acceptors (Lipinski definition) is 0. The monoisotopic (exact) mass is 268 g/mol. The van der Waals surface area contributed by atoms with Crippen molar-refractivity contribution < 1.29 is 0 Å². The van der Waals surface area contributed by atoms with E-state index in [1.54, 1.807) is 0 Å². The Labute approximate surface area is 69.8 Å². The van der Waals surface area contributed by atoms with Gasteiger partial charge in [0, 0.05) is 5.88 Å². The van der Waals surface area contributed by atoms with Gasteiger partial charge in [-0.25, -0.2) is 0 Å². The number of rotatable bonds is 2. The van der Waals surface area contributed by atoms with Gasteiger partial charge in [-0.05, 0) is 0 Å².